The van der Waals surface area contributed by atoms with E-state index in [1.54, 1.807) is 23.0 Å². The van der Waals surface area contributed by atoms with Gasteiger partial charge in [-0.25, -0.2) is 0 Å². The number of anilines is 2. The fourth-order valence-corrected chi connectivity index (χ4v) is 4.29. The van der Waals surface area contributed by atoms with Crippen LogP contribution < -0.4 is 10.2 Å². The van der Waals surface area contributed by atoms with Crippen LogP contribution >= 0.6 is 0 Å². The second kappa shape index (κ2) is 8.93. The van der Waals surface area contributed by atoms with Gasteiger partial charge >= 0.3 is 0 Å². The number of aromatic nitrogens is 3. The van der Waals surface area contributed by atoms with Crippen molar-refractivity contribution in [1.82, 2.24) is 15.0 Å². The van der Waals surface area contributed by atoms with Crippen molar-refractivity contribution in [2.24, 2.45) is 0 Å². The van der Waals surface area contributed by atoms with E-state index in [0.29, 0.717) is 22.4 Å². The van der Waals surface area contributed by atoms with Crippen molar-refractivity contribution in [3.05, 3.63) is 81.9 Å². The van der Waals surface area contributed by atoms with Gasteiger partial charge in [-0.2, -0.15) is 4.80 Å². The lowest BCUT2D eigenvalue weighted by molar-refractivity contribution is -0.384. The number of benzene rings is 3. The maximum absolute atomic E-state index is 13.0. The number of nitro benzene ring substituents is 1. The molecule has 34 heavy (non-hydrogen) atoms. The lowest BCUT2D eigenvalue weighted by atomic mass is 10.1. The van der Waals surface area contributed by atoms with Crippen molar-refractivity contribution in [2.75, 3.05) is 23.3 Å². The van der Waals surface area contributed by atoms with E-state index in [4.69, 9.17) is 0 Å². The Bertz CT molecular complexity index is 1380. The Morgan fingerprint density at radius 1 is 0.971 bits per heavy atom. The topological polar surface area (TPSA) is 106 Å². The molecule has 1 aliphatic rings. The van der Waals surface area contributed by atoms with E-state index in [2.05, 4.69) is 15.5 Å². The van der Waals surface area contributed by atoms with Crippen molar-refractivity contribution in [3.8, 4) is 5.69 Å². The average molecular weight is 457 g/mol. The summed E-state index contributed by atoms with van der Waals surface area (Å²) in [6.45, 7) is 3.45. The number of amides is 1. The number of nitrogens with zero attached hydrogens (tertiary/aromatic N) is 5. The number of fused-ring (bicyclic) bond motifs is 1. The highest BCUT2D eigenvalue weighted by Gasteiger charge is 2.23. The molecule has 5 rings (SSSR count). The Morgan fingerprint density at radius 3 is 2.38 bits per heavy atom. The molecule has 1 aromatic heterocycles. The number of hydrogen-bond donors (Lipinski definition) is 1. The molecule has 1 saturated heterocycles. The molecule has 1 fully saturated rings. The third-order valence-electron chi connectivity index (χ3n) is 6.09. The summed E-state index contributed by atoms with van der Waals surface area (Å²) >= 11 is 0. The van der Waals surface area contributed by atoms with Crippen LogP contribution in [0.1, 0.15) is 35.2 Å². The minimum absolute atomic E-state index is 0.0486. The van der Waals surface area contributed by atoms with Crippen molar-refractivity contribution in [2.45, 2.75) is 26.2 Å². The molecular weight excluding hydrogens is 432 g/mol. The summed E-state index contributed by atoms with van der Waals surface area (Å²) < 4.78 is 0. The molecule has 2 heterocycles. The van der Waals surface area contributed by atoms with Gasteiger partial charge in [-0.3, -0.25) is 14.9 Å². The van der Waals surface area contributed by atoms with Crippen LogP contribution in [-0.4, -0.2) is 38.9 Å². The largest absolute Gasteiger partial charge is 0.366 e. The fourth-order valence-electron chi connectivity index (χ4n) is 4.29. The van der Waals surface area contributed by atoms with Gasteiger partial charge in [0.05, 0.1) is 10.6 Å². The van der Waals surface area contributed by atoms with Crippen LogP contribution in [0.5, 0.6) is 0 Å². The van der Waals surface area contributed by atoms with Gasteiger partial charge in [-0.05, 0) is 68.1 Å². The summed E-state index contributed by atoms with van der Waals surface area (Å²) in [6.07, 6.45) is 3.15. The van der Waals surface area contributed by atoms with Crippen LogP contribution in [-0.2, 0) is 0 Å². The van der Waals surface area contributed by atoms with Gasteiger partial charge in [0.1, 0.15) is 16.7 Å². The molecular formula is C25H24N6O3. The summed E-state index contributed by atoms with van der Waals surface area (Å²) in [6, 6.07) is 17.9. The molecule has 0 aliphatic carbocycles. The summed E-state index contributed by atoms with van der Waals surface area (Å²) in [5.74, 6) is -0.411. The second-order valence-corrected chi connectivity index (χ2v) is 8.44. The van der Waals surface area contributed by atoms with Gasteiger partial charge < -0.3 is 10.2 Å². The maximum Gasteiger partial charge on any atom is 0.293 e. The first kappa shape index (κ1) is 21.6. The predicted molar refractivity (Wildman–Crippen MR) is 131 cm³/mol. The SMILES string of the molecule is Cc1cc2nn(-c3ccccc3)nc2cc1NC(=O)c1ccc(N2CCCCC2)c([N+](=O)[O-])c1. The fraction of sp³-hybridized carbons (Fsp3) is 0.240. The Kier molecular flexibility index (Phi) is 5.67. The summed E-state index contributed by atoms with van der Waals surface area (Å²) in [5.41, 5.74) is 4.34. The molecule has 0 unspecified atom stereocenters. The van der Waals surface area contributed by atoms with E-state index < -0.39 is 10.8 Å². The highest BCUT2D eigenvalue weighted by molar-refractivity contribution is 6.06. The lowest BCUT2D eigenvalue weighted by Gasteiger charge is -2.28. The molecule has 0 radical (unpaired) electrons. The monoisotopic (exact) mass is 456 g/mol. The van der Waals surface area contributed by atoms with Crippen LogP contribution in [0, 0.1) is 17.0 Å². The molecule has 1 amide bonds. The zero-order chi connectivity index (χ0) is 23.7. The van der Waals surface area contributed by atoms with Crippen LogP contribution in [0.4, 0.5) is 17.1 Å². The molecule has 9 nitrogen and oxygen atoms in total. The first-order valence-electron chi connectivity index (χ1n) is 11.3. The highest BCUT2D eigenvalue weighted by atomic mass is 16.6. The highest BCUT2D eigenvalue weighted by Crippen LogP contribution is 2.32. The molecule has 3 aromatic carbocycles. The van der Waals surface area contributed by atoms with Gasteiger partial charge in [0.25, 0.3) is 11.6 Å². The number of carbonyl (C=O) groups is 1. The van der Waals surface area contributed by atoms with Crippen LogP contribution in [0.15, 0.2) is 60.7 Å². The van der Waals surface area contributed by atoms with Crippen LogP contribution in [0.3, 0.4) is 0 Å². The van der Waals surface area contributed by atoms with E-state index in [1.807, 2.05) is 48.2 Å². The normalized spacial score (nSPS) is 13.7. The van der Waals surface area contributed by atoms with Crippen LogP contribution in [0.2, 0.25) is 0 Å². The molecule has 1 N–H and O–H groups in total. The van der Waals surface area contributed by atoms with Gasteiger partial charge in [0.2, 0.25) is 0 Å². The van der Waals surface area contributed by atoms with Crippen molar-refractivity contribution < 1.29 is 9.72 Å². The first-order valence-corrected chi connectivity index (χ1v) is 11.3. The minimum Gasteiger partial charge on any atom is -0.366 e. The quantitative estimate of drug-likeness (QED) is 0.339. The van der Waals surface area contributed by atoms with E-state index in [0.717, 1.165) is 43.6 Å². The standard InChI is InChI=1S/C25H24N6O3/c1-17-14-21-22(28-30(27-21)19-8-4-2-5-9-19)16-20(17)26-25(32)18-10-11-23(24(15-18)31(33)34)29-12-6-3-7-13-29/h2,4-5,8-11,14-16H,3,6-7,12-13H2,1H3,(H,26,32). The number of rotatable bonds is 5. The molecule has 0 bridgehead atoms. The number of hydrogen-bond acceptors (Lipinski definition) is 6. The zero-order valence-electron chi connectivity index (χ0n) is 18.8. The molecule has 172 valence electrons. The van der Waals surface area contributed by atoms with E-state index in [9.17, 15) is 14.9 Å². The lowest BCUT2D eigenvalue weighted by Crippen LogP contribution is -2.30. The molecule has 0 atom stereocenters. The van der Waals surface area contributed by atoms with Gasteiger partial charge in [0.15, 0.2) is 0 Å². The Hall–Kier alpha value is -4.27. The van der Waals surface area contributed by atoms with E-state index in [-0.39, 0.29) is 11.3 Å². The zero-order valence-corrected chi connectivity index (χ0v) is 18.8. The van der Waals surface area contributed by atoms with Gasteiger partial charge in [-0.1, -0.05) is 18.2 Å². The summed E-state index contributed by atoms with van der Waals surface area (Å²) in [7, 11) is 0. The van der Waals surface area contributed by atoms with Crippen molar-refractivity contribution >= 4 is 34.0 Å². The van der Waals surface area contributed by atoms with Crippen molar-refractivity contribution in [3.63, 3.8) is 0 Å². The van der Waals surface area contributed by atoms with Crippen LogP contribution in [0.25, 0.3) is 16.7 Å². The number of para-hydroxylation sites is 1. The average Bonchev–Trinajstić information content (AvgIpc) is 3.27. The smallest absolute Gasteiger partial charge is 0.293 e. The van der Waals surface area contributed by atoms with Crippen molar-refractivity contribution in [1.29, 1.82) is 0 Å². The number of carbonyl (C=O) groups excluding carboxylic acids is 1. The predicted octanol–water partition coefficient (Wildman–Crippen LogP) is 4.88. The Balaban J connectivity index is 1.42. The molecule has 0 spiro atoms. The van der Waals surface area contributed by atoms with Gasteiger partial charge in [-0.15, -0.1) is 10.2 Å². The number of aryl methyl sites for hydroxylation is 1. The van der Waals surface area contributed by atoms with E-state index >= 15 is 0 Å². The third-order valence-corrected chi connectivity index (χ3v) is 6.09. The molecule has 4 aromatic rings. The number of piperidine rings is 1. The maximum atomic E-state index is 13.0. The van der Waals surface area contributed by atoms with Gasteiger partial charge in [0, 0.05) is 30.4 Å². The summed E-state index contributed by atoms with van der Waals surface area (Å²) in [4.78, 5) is 27.9. The summed E-state index contributed by atoms with van der Waals surface area (Å²) in [5, 5.41) is 23.7. The molecule has 0 saturated carbocycles. The molecule has 1 aliphatic heterocycles. The van der Waals surface area contributed by atoms with E-state index in [1.165, 1.54) is 6.07 Å². The Morgan fingerprint density at radius 2 is 1.68 bits per heavy atom. The number of nitro groups is 1. The first-order chi connectivity index (χ1) is 16.5. The minimum atomic E-state index is -0.417. The second-order valence-electron chi connectivity index (χ2n) is 8.44. The number of nitrogens with one attached hydrogen (secondary N) is 1. The molecule has 9 heteroatoms. The third kappa shape index (κ3) is 4.19. The Labute approximate surface area is 196 Å².